The highest BCUT2D eigenvalue weighted by Gasteiger charge is 2.31. The molecule has 0 spiro atoms. The molecule has 102 valence electrons. The van der Waals surface area contributed by atoms with Crippen LogP contribution in [-0.4, -0.2) is 22.1 Å². The zero-order chi connectivity index (χ0) is 14.1. The molecule has 4 nitrogen and oxygen atoms in total. The lowest BCUT2D eigenvalue weighted by Crippen LogP contribution is -2.33. The summed E-state index contributed by atoms with van der Waals surface area (Å²) in [4.78, 5) is 16.2. The minimum Gasteiger partial charge on any atom is -0.390 e. The van der Waals surface area contributed by atoms with Gasteiger partial charge in [0.05, 0.1) is 17.7 Å². The van der Waals surface area contributed by atoms with Gasteiger partial charge in [-0.3, -0.25) is 4.79 Å². The number of benzene rings is 1. The van der Waals surface area contributed by atoms with Gasteiger partial charge in [-0.1, -0.05) is 24.3 Å². The van der Waals surface area contributed by atoms with E-state index in [1.807, 2.05) is 24.3 Å². The van der Waals surface area contributed by atoms with Gasteiger partial charge in [0.25, 0.3) is 5.91 Å². The number of carbonyl (C=O) groups is 1. The lowest BCUT2D eigenvalue weighted by Gasteiger charge is -2.17. The van der Waals surface area contributed by atoms with Crippen molar-refractivity contribution < 1.29 is 9.90 Å². The number of aliphatic hydroxyl groups is 1. The molecule has 0 bridgehead atoms. The van der Waals surface area contributed by atoms with E-state index in [-0.39, 0.29) is 11.9 Å². The third kappa shape index (κ3) is 2.46. The predicted molar refractivity (Wildman–Crippen MR) is 78.3 cm³/mol. The molecule has 0 radical (unpaired) electrons. The number of nitrogens with one attached hydrogen (secondary N) is 1. The minimum atomic E-state index is -0.584. The molecule has 1 aliphatic rings. The first kappa shape index (κ1) is 13.3. The SMILES string of the molecule is O=C(N[C@H]1c2ccccc2C[C@H]1O)c1ccc(Br)nc1. The zero-order valence-corrected chi connectivity index (χ0v) is 12.2. The van der Waals surface area contributed by atoms with E-state index < -0.39 is 6.10 Å². The van der Waals surface area contributed by atoms with Crippen LogP contribution in [0.15, 0.2) is 47.2 Å². The molecule has 0 fully saturated rings. The number of hydrogen-bond donors (Lipinski definition) is 2. The van der Waals surface area contributed by atoms with Crippen LogP contribution in [0.2, 0.25) is 0 Å². The van der Waals surface area contributed by atoms with Crippen LogP contribution in [-0.2, 0) is 6.42 Å². The number of pyridine rings is 1. The van der Waals surface area contributed by atoms with Crippen molar-refractivity contribution >= 4 is 21.8 Å². The molecule has 1 aliphatic carbocycles. The second-order valence-corrected chi connectivity index (χ2v) is 5.60. The van der Waals surface area contributed by atoms with Crippen LogP contribution < -0.4 is 5.32 Å². The van der Waals surface area contributed by atoms with Gasteiger partial charge < -0.3 is 10.4 Å². The third-order valence-corrected chi connectivity index (χ3v) is 3.95. The summed E-state index contributed by atoms with van der Waals surface area (Å²) < 4.78 is 0.681. The highest BCUT2D eigenvalue weighted by Crippen LogP contribution is 2.31. The van der Waals surface area contributed by atoms with Crippen molar-refractivity contribution in [1.29, 1.82) is 0 Å². The molecule has 0 saturated heterocycles. The van der Waals surface area contributed by atoms with E-state index in [0.29, 0.717) is 16.6 Å². The van der Waals surface area contributed by atoms with Gasteiger partial charge in [-0.2, -0.15) is 0 Å². The average Bonchev–Trinajstić information content (AvgIpc) is 2.76. The number of aromatic nitrogens is 1. The van der Waals surface area contributed by atoms with Gasteiger partial charge in [0, 0.05) is 12.6 Å². The third-order valence-electron chi connectivity index (χ3n) is 3.48. The standard InChI is InChI=1S/C15H13BrN2O2/c16-13-6-5-10(8-17-13)15(20)18-14-11-4-2-1-3-9(11)7-12(14)19/h1-6,8,12,14,19H,7H2,(H,18,20)/t12-,14+/m1/s1. The molecule has 3 rings (SSSR count). The van der Waals surface area contributed by atoms with Crippen LogP contribution in [0.3, 0.4) is 0 Å². The molecule has 2 N–H and O–H groups in total. The maximum atomic E-state index is 12.2. The van der Waals surface area contributed by atoms with Gasteiger partial charge in [-0.15, -0.1) is 0 Å². The van der Waals surface area contributed by atoms with Gasteiger partial charge >= 0.3 is 0 Å². The first-order valence-corrected chi connectivity index (χ1v) is 7.13. The van der Waals surface area contributed by atoms with Crippen LogP contribution in [0.4, 0.5) is 0 Å². The molecule has 2 aromatic rings. The van der Waals surface area contributed by atoms with Gasteiger partial charge in [-0.25, -0.2) is 4.98 Å². The van der Waals surface area contributed by atoms with E-state index >= 15 is 0 Å². The Labute approximate surface area is 125 Å². The molecule has 20 heavy (non-hydrogen) atoms. The van der Waals surface area contributed by atoms with Crippen LogP contribution in [0.5, 0.6) is 0 Å². The Hall–Kier alpha value is -1.72. The molecule has 1 aromatic heterocycles. The Kier molecular flexibility index (Phi) is 3.54. The maximum Gasteiger partial charge on any atom is 0.253 e. The summed E-state index contributed by atoms with van der Waals surface area (Å²) in [5.74, 6) is -0.231. The summed E-state index contributed by atoms with van der Waals surface area (Å²) in [5.41, 5.74) is 2.54. The monoisotopic (exact) mass is 332 g/mol. The van der Waals surface area contributed by atoms with Crippen molar-refractivity contribution in [2.75, 3.05) is 0 Å². The predicted octanol–water partition coefficient (Wildman–Crippen LogP) is 2.23. The number of hydrogen-bond acceptors (Lipinski definition) is 3. The van der Waals surface area contributed by atoms with Crippen LogP contribution in [0, 0.1) is 0 Å². The van der Waals surface area contributed by atoms with Gasteiger partial charge in [0.15, 0.2) is 0 Å². The molecule has 2 atom stereocenters. The van der Waals surface area contributed by atoms with E-state index in [4.69, 9.17) is 0 Å². The first-order chi connectivity index (χ1) is 9.65. The summed E-state index contributed by atoms with van der Waals surface area (Å²) in [6.07, 6.45) is 1.49. The Bertz CT molecular complexity index is 643. The molecule has 0 unspecified atom stereocenters. The largest absolute Gasteiger partial charge is 0.390 e. The normalized spacial score (nSPS) is 20.5. The summed E-state index contributed by atoms with van der Waals surface area (Å²) in [7, 11) is 0. The fourth-order valence-electron chi connectivity index (χ4n) is 2.48. The molecule has 5 heteroatoms. The van der Waals surface area contributed by atoms with E-state index in [0.717, 1.165) is 11.1 Å². The molecular formula is C15H13BrN2O2. The van der Waals surface area contributed by atoms with Crippen molar-refractivity contribution in [2.45, 2.75) is 18.6 Å². The Morgan fingerprint density at radius 1 is 1.30 bits per heavy atom. The minimum absolute atomic E-state index is 0.231. The summed E-state index contributed by atoms with van der Waals surface area (Å²) in [6.45, 7) is 0. The van der Waals surface area contributed by atoms with E-state index in [1.54, 1.807) is 12.1 Å². The highest BCUT2D eigenvalue weighted by molar-refractivity contribution is 9.10. The second kappa shape index (κ2) is 5.34. The van der Waals surface area contributed by atoms with Crippen LogP contribution in [0.1, 0.15) is 27.5 Å². The molecule has 0 saturated carbocycles. The van der Waals surface area contributed by atoms with Crippen LogP contribution in [0.25, 0.3) is 0 Å². The van der Waals surface area contributed by atoms with Crippen LogP contribution >= 0.6 is 15.9 Å². The smallest absolute Gasteiger partial charge is 0.253 e. The lowest BCUT2D eigenvalue weighted by molar-refractivity contribution is 0.0858. The van der Waals surface area contributed by atoms with Crippen molar-refractivity contribution in [3.8, 4) is 0 Å². The fraction of sp³-hybridized carbons (Fsp3) is 0.200. The first-order valence-electron chi connectivity index (χ1n) is 6.33. The maximum absolute atomic E-state index is 12.2. The fourth-order valence-corrected chi connectivity index (χ4v) is 2.72. The van der Waals surface area contributed by atoms with Gasteiger partial charge in [0.1, 0.15) is 4.60 Å². The topological polar surface area (TPSA) is 62.2 Å². The van der Waals surface area contributed by atoms with Crippen molar-refractivity contribution in [3.05, 3.63) is 63.9 Å². The van der Waals surface area contributed by atoms with E-state index in [1.165, 1.54) is 6.20 Å². The number of amides is 1. The number of fused-ring (bicyclic) bond motifs is 1. The highest BCUT2D eigenvalue weighted by atomic mass is 79.9. The summed E-state index contributed by atoms with van der Waals surface area (Å²) in [6, 6.07) is 10.8. The number of aliphatic hydroxyl groups excluding tert-OH is 1. The Morgan fingerprint density at radius 3 is 2.85 bits per heavy atom. The number of carbonyl (C=O) groups excluding carboxylic acids is 1. The molecule has 1 amide bonds. The number of nitrogens with zero attached hydrogens (tertiary/aromatic N) is 1. The van der Waals surface area contributed by atoms with E-state index in [9.17, 15) is 9.90 Å². The number of rotatable bonds is 2. The number of halogens is 1. The van der Waals surface area contributed by atoms with Crippen molar-refractivity contribution in [2.24, 2.45) is 0 Å². The van der Waals surface area contributed by atoms with Gasteiger partial charge in [0.2, 0.25) is 0 Å². The van der Waals surface area contributed by atoms with Crippen molar-refractivity contribution in [3.63, 3.8) is 0 Å². The van der Waals surface area contributed by atoms with E-state index in [2.05, 4.69) is 26.2 Å². The average molecular weight is 333 g/mol. The summed E-state index contributed by atoms with van der Waals surface area (Å²) >= 11 is 3.23. The second-order valence-electron chi connectivity index (χ2n) is 4.79. The Balaban J connectivity index is 1.81. The van der Waals surface area contributed by atoms with Gasteiger partial charge in [-0.05, 0) is 39.2 Å². The lowest BCUT2D eigenvalue weighted by atomic mass is 10.1. The molecule has 0 aliphatic heterocycles. The Morgan fingerprint density at radius 2 is 2.10 bits per heavy atom. The molecular weight excluding hydrogens is 320 g/mol. The zero-order valence-electron chi connectivity index (χ0n) is 10.6. The quantitative estimate of drug-likeness (QED) is 0.829. The summed E-state index contributed by atoms with van der Waals surface area (Å²) in [5, 5.41) is 13.0. The molecule has 1 aromatic carbocycles. The van der Waals surface area contributed by atoms with Crippen molar-refractivity contribution in [1.82, 2.24) is 10.3 Å². The molecule has 1 heterocycles.